The standard InChI is InChI=1S/C14H20N2O4/c1-11(17)16(10-12-4-2-8-19-12)7-6-15-14(18)13-5-3-9-20-13/h3,5,9,12H,2,4,6-8,10H2,1H3,(H,15,18). The minimum absolute atomic E-state index is 0.00672. The van der Waals surface area contributed by atoms with Gasteiger partial charge < -0.3 is 19.4 Å². The maximum Gasteiger partial charge on any atom is 0.287 e. The molecule has 2 heterocycles. The Balaban J connectivity index is 1.74. The van der Waals surface area contributed by atoms with Crippen molar-refractivity contribution in [2.24, 2.45) is 0 Å². The number of furan rings is 1. The Labute approximate surface area is 118 Å². The Kier molecular flexibility index (Phi) is 5.17. The van der Waals surface area contributed by atoms with Gasteiger partial charge in [0.05, 0.1) is 12.4 Å². The van der Waals surface area contributed by atoms with E-state index in [1.54, 1.807) is 17.0 Å². The molecule has 0 saturated carbocycles. The van der Waals surface area contributed by atoms with Gasteiger partial charge >= 0.3 is 0 Å². The summed E-state index contributed by atoms with van der Waals surface area (Å²) in [4.78, 5) is 25.0. The summed E-state index contributed by atoms with van der Waals surface area (Å²) >= 11 is 0. The van der Waals surface area contributed by atoms with Crippen LogP contribution >= 0.6 is 0 Å². The third kappa shape index (κ3) is 4.09. The zero-order valence-corrected chi connectivity index (χ0v) is 11.6. The number of nitrogens with zero attached hydrogens (tertiary/aromatic N) is 1. The summed E-state index contributed by atoms with van der Waals surface area (Å²) in [5.41, 5.74) is 0. The molecule has 1 aromatic rings. The van der Waals surface area contributed by atoms with E-state index in [2.05, 4.69) is 5.32 Å². The summed E-state index contributed by atoms with van der Waals surface area (Å²) in [5.74, 6) is 0.00173. The SMILES string of the molecule is CC(=O)N(CCNC(=O)c1ccco1)CC1CCCO1. The maximum atomic E-state index is 11.7. The Hall–Kier alpha value is -1.82. The lowest BCUT2D eigenvalue weighted by molar-refractivity contribution is -0.130. The predicted molar refractivity (Wildman–Crippen MR) is 72.3 cm³/mol. The number of ether oxygens (including phenoxy) is 1. The first-order valence-corrected chi connectivity index (χ1v) is 6.85. The highest BCUT2D eigenvalue weighted by molar-refractivity contribution is 5.91. The third-order valence-electron chi connectivity index (χ3n) is 3.31. The van der Waals surface area contributed by atoms with E-state index in [4.69, 9.17) is 9.15 Å². The summed E-state index contributed by atoms with van der Waals surface area (Å²) in [6, 6.07) is 3.26. The van der Waals surface area contributed by atoms with Gasteiger partial charge in [0, 0.05) is 33.2 Å². The predicted octanol–water partition coefficient (Wildman–Crippen LogP) is 1.04. The highest BCUT2D eigenvalue weighted by atomic mass is 16.5. The number of carbonyl (C=O) groups excluding carboxylic acids is 2. The average molecular weight is 280 g/mol. The molecule has 0 aliphatic carbocycles. The van der Waals surface area contributed by atoms with Gasteiger partial charge in [-0.05, 0) is 25.0 Å². The van der Waals surface area contributed by atoms with E-state index < -0.39 is 0 Å². The Morgan fingerprint density at radius 1 is 1.50 bits per heavy atom. The summed E-state index contributed by atoms with van der Waals surface area (Å²) in [6.45, 7) is 3.76. The molecule has 1 N–H and O–H groups in total. The minimum Gasteiger partial charge on any atom is -0.459 e. The molecule has 1 unspecified atom stereocenters. The van der Waals surface area contributed by atoms with Gasteiger partial charge in [0.1, 0.15) is 0 Å². The number of rotatable bonds is 6. The molecule has 1 atom stereocenters. The molecule has 0 bridgehead atoms. The van der Waals surface area contributed by atoms with Gasteiger partial charge in [-0.15, -0.1) is 0 Å². The molecule has 1 fully saturated rings. The normalized spacial score (nSPS) is 17.9. The molecule has 1 aliphatic heterocycles. The third-order valence-corrected chi connectivity index (χ3v) is 3.31. The second kappa shape index (κ2) is 7.09. The molecule has 1 aromatic heterocycles. The van der Waals surface area contributed by atoms with Crippen molar-refractivity contribution in [1.29, 1.82) is 0 Å². The monoisotopic (exact) mass is 280 g/mol. The molecule has 20 heavy (non-hydrogen) atoms. The summed E-state index contributed by atoms with van der Waals surface area (Å²) in [7, 11) is 0. The van der Waals surface area contributed by atoms with Gasteiger partial charge in [0.15, 0.2) is 5.76 Å². The second-order valence-electron chi connectivity index (χ2n) is 4.83. The average Bonchev–Trinajstić information content (AvgIpc) is 3.10. The molecule has 2 amide bonds. The Morgan fingerprint density at radius 2 is 2.35 bits per heavy atom. The van der Waals surface area contributed by atoms with Crippen molar-refractivity contribution in [2.75, 3.05) is 26.2 Å². The van der Waals surface area contributed by atoms with Crippen LogP contribution in [0.2, 0.25) is 0 Å². The van der Waals surface area contributed by atoms with Crippen LogP contribution in [0.5, 0.6) is 0 Å². The van der Waals surface area contributed by atoms with E-state index in [1.807, 2.05) is 0 Å². The van der Waals surface area contributed by atoms with Crippen LogP contribution in [0.15, 0.2) is 22.8 Å². The number of amides is 2. The largest absolute Gasteiger partial charge is 0.459 e. The van der Waals surface area contributed by atoms with Gasteiger partial charge in [-0.3, -0.25) is 9.59 Å². The van der Waals surface area contributed by atoms with E-state index in [0.29, 0.717) is 19.6 Å². The summed E-state index contributed by atoms with van der Waals surface area (Å²) < 4.78 is 10.5. The number of hydrogen-bond donors (Lipinski definition) is 1. The van der Waals surface area contributed by atoms with Crippen molar-refractivity contribution < 1.29 is 18.7 Å². The van der Waals surface area contributed by atoms with Crippen LogP contribution in [0, 0.1) is 0 Å². The Bertz CT molecular complexity index is 438. The van der Waals surface area contributed by atoms with Crippen molar-refractivity contribution in [3.8, 4) is 0 Å². The van der Waals surface area contributed by atoms with Gasteiger partial charge in [0.2, 0.25) is 5.91 Å². The van der Waals surface area contributed by atoms with Crippen molar-refractivity contribution >= 4 is 11.8 Å². The fourth-order valence-electron chi connectivity index (χ4n) is 2.21. The summed E-state index contributed by atoms with van der Waals surface area (Å²) in [6.07, 6.45) is 3.61. The van der Waals surface area contributed by atoms with Gasteiger partial charge in [-0.2, -0.15) is 0 Å². The number of hydrogen-bond acceptors (Lipinski definition) is 4. The molecule has 110 valence electrons. The lowest BCUT2D eigenvalue weighted by Gasteiger charge is -2.24. The Morgan fingerprint density at radius 3 is 2.95 bits per heavy atom. The van der Waals surface area contributed by atoms with E-state index in [9.17, 15) is 9.59 Å². The molecule has 0 aromatic carbocycles. The van der Waals surface area contributed by atoms with Crippen molar-refractivity contribution in [2.45, 2.75) is 25.9 Å². The first kappa shape index (κ1) is 14.6. The van der Waals surface area contributed by atoms with Gasteiger partial charge in [0.25, 0.3) is 5.91 Å². The maximum absolute atomic E-state index is 11.7. The smallest absolute Gasteiger partial charge is 0.287 e. The highest BCUT2D eigenvalue weighted by Crippen LogP contribution is 2.13. The summed E-state index contributed by atoms with van der Waals surface area (Å²) in [5, 5.41) is 2.73. The van der Waals surface area contributed by atoms with E-state index in [-0.39, 0.29) is 23.7 Å². The number of carbonyl (C=O) groups is 2. The minimum atomic E-state index is -0.268. The van der Waals surface area contributed by atoms with Crippen molar-refractivity contribution in [3.63, 3.8) is 0 Å². The molecule has 6 heteroatoms. The second-order valence-corrected chi connectivity index (χ2v) is 4.83. The molecular formula is C14H20N2O4. The highest BCUT2D eigenvalue weighted by Gasteiger charge is 2.20. The van der Waals surface area contributed by atoms with Crippen LogP contribution < -0.4 is 5.32 Å². The topological polar surface area (TPSA) is 71.8 Å². The van der Waals surface area contributed by atoms with E-state index in [1.165, 1.54) is 13.2 Å². The van der Waals surface area contributed by atoms with E-state index >= 15 is 0 Å². The van der Waals surface area contributed by atoms with Gasteiger partial charge in [-0.25, -0.2) is 0 Å². The lowest BCUT2D eigenvalue weighted by atomic mass is 10.2. The first-order valence-electron chi connectivity index (χ1n) is 6.85. The van der Waals surface area contributed by atoms with Crippen LogP contribution in [-0.2, 0) is 9.53 Å². The fourth-order valence-corrected chi connectivity index (χ4v) is 2.21. The van der Waals surface area contributed by atoms with Crippen LogP contribution in [-0.4, -0.2) is 49.1 Å². The molecule has 2 rings (SSSR count). The van der Waals surface area contributed by atoms with Crippen LogP contribution in [0.25, 0.3) is 0 Å². The zero-order chi connectivity index (χ0) is 14.4. The zero-order valence-electron chi connectivity index (χ0n) is 11.6. The van der Waals surface area contributed by atoms with E-state index in [0.717, 1.165) is 19.4 Å². The van der Waals surface area contributed by atoms with Crippen LogP contribution in [0.1, 0.15) is 30.3 Å². The lowest BCUT2D eigenvalue weighted by Crippen LogP contribution is -2.41. The van der Waals surface area contributed by atoms with Crippen molar-refractivity contribution in [1.82, 2.24) is 10.2 Å². The molecular weight excluding hydrogens is 260 g/mol. The van der Waals surface area contributed by atoms with Gasteiger partial charge in [-0.1, -0.05) is 0 Å². The van der Waals surface area contributed by atoms with Crippen LogP contribution in [0.4, 0.5) is 0 Å². The van der Waals surface area contributed by atoms with Crippen LogP contribution in [0.3, 0.4) is 0 Å². The van der Waals surface area contributed by atoms with Crippen molar-refractivity contribution in [3.05, 3.63) is 24.2 Å². The molecule has 0 spiro atoms. The quantitative estimate of drug-likeness (QED) is 0.845. The molecule has 0 radical (unpaired) electrons. The fraction of sp³-hybridized carbons (Fsp3) is 0.571. The molecule has 6 nitrogen and oxygen atoms in total. The molecule has 1 saturated heterocycles. The molecule has 1 aliphatic rings. The number of nitrogens with one attached hydrogen (secondary N) is 1. The first-order chi connectivity index (χ1) is 9.66.